The highest BCUT2D eigenvalue weighted by Gasteiger charge is 2.26. The van der Waals surface area contributed by atoms with Crippen molar-refractivity contribution >= 4 is 23.4 Å². The molecule has 2 heterocycles. The van der Waals surface area contributed by atoms with Gasteiger partial charge in [0, 0.05) is 19.2 Å². The molecular weight excluding hydrogens is 232 g/mol. The lowest BCUT2D eigenvalue weighted by Gasteiger charge is -2.19. The van der Waals surface area contributed by atoms with Crippen molar-refractivity contribution in [2.24, 2.45) is 11.8 Å². The fourth-order valence-electron chi connectivity index (χ4n) is 2.22. The van der Waals surface area contributed by atoms with E-state index in [1.807, 2.05) is 12.3 Å². The fourth-order valence-corrected chi connectivity index (χ4v) is 2.60. The molecule has 0 bridgehead atoms. The van der Waals surface area contributed by atoms with E-state index in [2.05, 4.69) is 28.7 Å². The van der Waals surface area contributed by atoms with Crippen molar-refractivity contribution in [1.29, 1.82) is 0 Å². The summed E-state index contributed by atoms with van der Waals surface area (Å²) in [4.78, 5) is 11.0. The first kappa shape index (κ1) is 12.5. The second kappa shape index (κ2) is 5.12. The highest BCUT2D eigenvalue weighted by molar-refractivity contribution is 7.98. The van der Waals surface area contributed by atoms with Crippen LogP contribution in [0.2, 0.25) is 0 Å². The Morgan fingerprint density at radius 3 is 2.82 bits per heavy atom. The van der Waals surface area contributed by atoms with Crippen LogP contribution in [0.25, 0.3) is 0 Å². The fraction of sp³-hybridized carbons (Fsp3) is 0.667. The maximum Gasteiger partial charge on any atom is 0.191 e. The monoisotopic (exact) mass is 252 g/mol. The number of rotatable bonds is 3. The molecule has 94 valence electrons. The molecule has 1 aliphatic heterocycles. The number of thioether (sulfide) groups is 1. The maximum atomic E-state index is 5.81. The van der Waals surface area contributed by atoms with Gasteiger partial charge in [-0.3, -0.25) is 0 Å². The summed E-state index contributed by atoms with van der Waals surface area (Å²) in [6.07, 6.45) is 3.22. The van der Waals surface area contributed by atoms with Crippen molar-refractivity contribution in [1.82, 2.24) is 9.97 Å². The third-order valence-corrected chi connectivity index (χ3v) is 3.93. The minimum atomic E-state index is 0.562. The third-order valence-electron chi connectivity index (χ3n) is 3.39. The van der Waals surface area contributed by atoms with Crippen LogP contribution < -0.4 is 10.6 Å². The molecule has 1 aromatic rings. The Kier molecular flexibility index (Phi) is 3.76. The standard InChI is InChI=1S/C12H20N4S/c1-8(2)9-4-5-16(7-9)11-6-10(13)14-12(15-11)17-3/h6,8-9H,4-5,7H2,1-3H3,(H2,13,14,15). The van der Waals surface area contributed by atoms with Gasteiger partial charge in [0.15, 0.2) is 5.16 Å². The van der Waals surface area contributed by atoms with Crippen molar-refractivity contribution in [3.8, 4) is 0 Å². The largest absolute Gasteiger partial charge is 0.383 e. The van der Waals surface area contributed by atoms with Gasteiger partial charge in [0.25, 0.3) is 0 Å². The lowest BCUT2D eigenvalue weighted by atomic mass is 9.95. The molecule has 1 fully saturated rings. The quantitative estimate of drug-likeness (QED) is 0.660. The van der Waals surface area contributed by atoms with Crippen LogP contribution in [-0.4, -0.2) is 29.3 Å². The summed E-state index contributed by atoms with van der Waals surface area (Å²) in [6.45, 7) is 6.74. The molecular formula is C12H20N4S. The molecule has 0 saturated carbocycles. The molecule has 0 radical (unpaired) electrons. The highest BCUT2D eigenvalue weighted by Crippen LogP contribution is 2.28. The molecule has 2 rings (SSSR count). The van der Waals surface area contributed by atoms with E-state index in [4.69, 9.17) is 5.73 Å². The molecule has 0 amide bonds. The average molecular weight is 252 g/mol. The summed E-state index contributed by atoms with van der Waals surface area (Å²) < 4.78 is 0. The van der Waals surface area contributed by atoms with Crippen LogP contribution in [0.5, 0.6) is 0 Å². The number of nitrogens with two attached hydrogens (primary N) is 1. The summed E-state index contributed by atoms with van der Waals surface area (Å²) in [6, 6.07) is 1.88. The van der Waals surface area contributed by atoms with Crippen molar-refractivity contribution in [3.05, 3.63) is 6.07 Å². The van der Waals surface area contributed by atoms with Gasteiger partial charge in [-0.25, -0.2) is 9.97 Å². The van der Waals surface area contributed by atoms with Crippen LogP contribution in [0, 0.1) is 11.8 Å². The van der Waals surface area contributed by atoms with Gasteiger partial charge in [-0.1, -0.05) is 25.6 Å². The van der Waals surface area contributed by atoms with E-state index in [-0.39, 0.29) is 0 Å². The SMILES string of the molecule is CSc1nc(N)cc(N2CCC(C(C)C)C2)n1. The number of nitrogen functional groups attached to an aromatic ring is 1. The van der Waals surface area contributed by atoms with Gasteiger partial charge < -0.3 is 10.6 Å². The van der Waals surface area contributed by atoms with Crippen molar-refractivity contribution in [2.45, 2.75) is 25.4 Å². The smallest absolute Gasteiger partial charge is 0.191 e. The van der Waals surface area contributed by atoms with E-state index in [0.717, 1.165) is 35.9 Å². The molecule has 1 atom stereocenters. The predicted octanol–water partition coefficient (Wildman–Crippen LogP) is 2.26. The van der Waals surface area contributed by atoms with Crippen molar-refractivity contribution in [2.75, 3.05) is 30.0 Å². The zero-order chi connectivity index (χ0) is 12.4. The Labute approximate surface area is 107 Å². The summed E-state index contributed by atoms with van der Waals surface area (Å²) in [7, 11) is 0. The van der Waals surface area contributed by atoms with Gasteiger partial charge in [0.1, 0.15) is 11.6 Å². The second-order valence-corrected chi connectivity index (χ2v) is 5.65. The van der Waals surface area contributed by atoms with Crippen LogP contribution in [0.4, 0.5) is 11.6 Å². The highest BCUT2D eigenvalue weighted by atomic mass is 32.2. The molecule has 0 aromatic carbocycles. The summed E-state index contributed by atoms with van der Waals surface area (Å²) >= 11 is 1.53. The van der Waals surface area contributed by atoms with Crippen LogP contribution >= 0.6 is 11.8 Å². The van der Waals surface area contributed by atoms with Crippen LogP contribution in [-0.2, 0) is 0 Å². The third kappa shape index (κ3) is 2.83. The van der Waals surface area contributed by atoms with Gasteiger partial charge in [-0.05, 0) is 24.5 Å². The molecule has 5 heteroatoms. The van der Waals surface area contributed by atoms with Gasteiger partial charge in [0.05, 0.1) is 0 Å². The molecule has 4 nitrogen and oxygen atoms in total. The first-order chi connectivity index (χ1) is 8.10. The van der Waals surface area contributed by atoms with Gasteiger partial charge in [0.2, 0.25) is 0 Å². The van der Waals surface area contributed by atoms with E-state index in [1.165, 1.54) is 18.2 Å². The van der Waals surface area contributed by atoms with E-state index in [0.29, 0.717) is 5.82 Å². The number of hydrogen-bond acceptors (Lipinski definition) is 5. The molecule has 1 unspecified atom stereocenters. The molecule has 1 aromatic heterocycles. The summed E-state index contributed by atoms with van der Waals surface area (Å²) in [5.74, 6) is 3.04. The van der Waals surface area contributed by atoms with Crippen LogP contribution in [0.1, 0.15) is 20.3 Å². The number of hydrogen-bond donors (Lipinski definition) is 1. The molecule has 17 heavy (non-hydrogen) atoms. The second-order valence-electron chi connectivity index (χ2n) is 4.88. The minimum absolute atomic E-state index is 0.562. The first-order valence-electron chi connectivity index (χ1n) is 6.03. The Balaban J connectivity index is 2.15. The maximum absolute atomic E-state index is 5.81. The molecule has 2 N–H and O–H groups in total. The zero-order valence-corrected chi connectivity index (χ0v) is 11.5. The minimum Gasteiger partial charge on any atom is -0.383 e. The average Bonchev–Trinajstić information content (AvgIpc) is 2.77. The molecule has 1 aliphatic rings. The van der Waals surface area contributed by atoms with E-state index in [1.54, 1.807) is 0 Å². The normalized spacial score (nSPS) is 20.2. The number of aromatic nitrogens is 2. The number of nitrogens with zero attached hydrogens (tertiary/aromatic N) is 3. The Hall–Kier alpha value is -0.970. The van der Waals surface area contributed by atoms with E-state index in [9.17, 15) is 0 Å². The lowest BCUT2D eigenvalue weighted by Crippen LogP contribution is -2.22. The van der Waals surface area contributed by atoms with Crippen molar-refractivity contribution in [3.63, 3.8) is 0 Å². The van der Waals surface area contributed by atoms with Crippen LogP contribution in [0.3, 0.4) is 0 Å². The van der Waals surface area contributed by atoms with Crippen LogP contribution in [0.15, 0.2) is 11.2 Å². The number of anilines is 2. The van der Waals surface area contributed by atoms with E-state index < -0.39 is 0 Å². The predicted molar refractivity (Wildman–Crippen MR) is 73.4 cm³/mol. The Morgan fingerprint density at radius 2 is 2.24 bits per heavy atom. The van der Waals surface area contributed by atoms with E-state index >= 15 is 0 Å². The topological polar surface area (TPSA) is 55.0 Å². The lowest BCUT2D eigenvalue weighted by molar-refractivity contribution is 0.422. The van der Waals surface area contributed by atoms with Crippen molar-refractivity contribution < 1.29 is 0 Å². The summed E-state index contributed by atoms with van der Waals surface area (Å²) in [5, 5.41) is 0.757. The van der Waals surface area contributed by atoms with Gasteiger partial charge in [-0.15, -0.1) is 0 Å². The Bertz CT molecular complexity index is 394. The molecule has 0 aliphatic carbocycles. The molecule has 0 spiro atoms. The molecule has 1 saturated heterocycles. The van der Waals surface area contributed by atoms with Gasteiger partial charge in [-0.2, -0.15) is 0 Å². The Morgan fingerprint density at radius 1 is 1.47 bits per heavy atom. The van der Waals surface area contributed by atoms with Gasteiger partial charge >= 0.3 is 0 Å². The zero-order valence-electron chi connectivity index (χ0n) is 10.7. The summed E-state index contributed by atoms with van der Waals surface area (Å²) in [5.41, 5.74) is 5.81. The first-order valence-corrected chi connectivity index (χ1v) is 7.26.